The van der Waals surface area contributed by atoms with Gasteiger partial charge in [0.15, 0.2) is 5.96 Å². The fraction of sp³-hybridized carbons (Fsp3) is 0.762. The molecule has 2 rings (SSSR count). The van der Waals surface area contributed by atoms with Crippen LogP contribution in [0.4, 0.5) is 4.79 Å². The number of aliphatic imine (C=N–C) groups is 1. The third-order valence-electron chi connectivity index (χ3n) is 4.76. The van der Waals surface area contributed by atoms with E-state index < -0.39 is 5.60 Å². The highest BCUT2D eigenvalue weighted by molar-refractivity contribution is 14.0. The number of aromatic nitrogens is 1. The van der Waals surface area contributed by atoms with E-state index in [-0.39, 0.29) is 30.1 Å². The van der Waals surface area contributed by atoms with Crippen LogP contribution in [0.1, 0.15) is 49.7 Å². The molecule has 2 N–H and O–H groups in total. The minimum absolute atomic E-state index is 0. The first-order valence-electron chi connectivity index (χ1n) is 10.8. The lowest BCUT2D eigenvalue weighted by molar-refractivity contribution is 0.0145. The Hall–Kier alpha value is -1.14. The molecule has 1 aromatic rings. The molecule has 31 heavy (non-hydrogen) atoms. The second-order valence-electron chi connectivity index (χ2n) is 8.53. The monoisotopic (exact) mass is 566 g/mol. The largest absolute Gasteiger partial charge is 0.444 e. The molecular weight excluding hydrogens is 527 g/mol. The van der Waals surface area contributed by atoms with Crippen LogP contribution in [-0.2, 0) is 11.3 Å². The van der Waals surface area contributed by atoms with Gasteiger partial charge in [0.2, 0.25) is 0 Å². The van der Waals surface area contributed by atoms with E-state index in [1.165, 1.54) is 4.88 Å². The van der Waals surface area contributed by atoms with Gasteiger partial charge in [-0.25, -0.2) is 14.8 Å². The Bertz CT molecular complexity index is 692. The van der Waals surface area contributed by atoms with Gasteiger partial charge in [0, 0.05) is 44.1 Å². The molecule has 0 unspecified atom stereocenters. The van der Waals surface area contributed by atoms with Crippen LogP contribution in [0.15, 0.2) is 4.99 Å². The molecule has 1 saturated heterocycles. The number of amides is 1. The number of piperazine rings is 1. The van der Waals surface area contributed by atoms with Gasteiger partial charge in [0.25, 0.3) is 0 Å². The summed E-state index contributed by atoms with van der Waals surface area (Å²) in [6.07, 6.45) is 0.813. The van der Waals surface area contributed by atoms with E-state index in [0.717, 1.165) is 68.9 Å². The molecule has 8 nitrogen and oxygen atoms in total. The van der Waals surface area contributed by atoms with E-state index in [0.29, 0.717) is 6.54 Å². The average molecular weight is 567 g/mol. The summed E-state index contributed by atoms with van der Waals surface area (Å²) in [5.74, 6) is 0.831. The lowest BCUT2D eigenvalue weighted by atomic mass is 10.2. The fourth-order valence-corrected chi connectivity index (χ4v) is 3.94. The van der Waals surface area contributed by atoms with Crippen molar-refractivity contribution in [3.8, 4) is 0 Å². The lowest BCUT2D eigenvalue weighted by Crippen LogP contribution is -2.50. The molecule has 0 aliphatic carbocycles. The highest BCUT2D eigenvalue weighted by Crippen LogP contribution is 2.17. The Morgan fingerprint density at radius 3 is 2.42 bits per heavy atom. The first kappa shape index (κ1) is 27.9. The highest BCUT2D eigenvalue weighted by Gasteiger charge is 2.25. The van der Waals surface area contributed by atoms with Gasteiger partial charge in [-0.15, -0.1) is 35.3 Å². The summed E-state index contributed by atoms with van der Waals surface area (Å²) in [6.45, 7) is 18.4. The molecule has 1 aliphatic rings. The number of carbonyl (C=O) groups excluding carboxylic acids is 1. The second-order valence-corrected chi connectivity index (χ2v) is 9.82. The predicted octanol–water partition coefficient (Wildman–Crippen LogP) is 3.38. The van der Waals surface area contributed by atoms with Crippen molar-refractivity contribution in [1.29, 1.82) is 0 Å². The number of nitrogens with one attached hydrogen (secondary N) is 2. The van der Waals surface area contributed by atoms with Gasteiger partial charge in [-0.2, -0.15) is 0 Å². The van der Waals surface area contributed by atoms with Crippen molar-refractivity contribution >= 4 is 47.4 Å². The number of carbonyl (C=O) groups is 1. The molecule has 0 bridgehead atoms. The summed E-state index contributed by atoms with van der Waals surface area (Å²) in [5.41, 5.74) is 0.651. The predicted molar refractivity (Wildman–Crippen MR) is 139 cm³/mol. The molecular formula is C21H39IN6O2S. The molecule has 0 radical (unpaired) electrons. The van der Waals surface area contributed by atoms with E-state index in [9.17, 15) is 4.79 Å². The fourth-order valence-electron chi connectivity index (χ4n) is 3.09. The maximum atomic E-state index is 12.2. The van der Waals surface area contributed by atoms with E-state index in [2.05, 4.69) is 39.4 Å². The number of rotatable bonds is 7. The number of nitrogens with zero attached hydrogens (tertiary/aromatic N) is 4. The number of hydrogen-bond donors (Lipinski definition) is 2. The summed E-state index contributed by atoms with van der Waals surface area (Å²) < 4.78 is 5.46. The summed E-state index contributed by atoms with van der Waals surface area (Å²) in [6, 6.07) is 0. The molecule has 1 aliphatic heterocycles. The van der Waals surface area contributed by atoms with Crippen molar-refractivity contribution in [2.75, 3.05) is 45.8 Å². The van der Waals surface area contributed by atoms with Crippen LogP contribution < -0.4 is 10.6 Å². The molecule has 1 fully saturated rings. The first-order valence-corrected chi connectivity index (χ1v) is 11.6. The van der Waals surface area contributed by atoms with Crippen LogP contribution in [0.3, 0.4) is 0 Å². The Morgan fingerprint density at radius 1 is 1.19 bits per heavy atom. The van der Waals surface area contributed by atoms with Gasteiger partial charge >= 0.3 is 6.09 Å². The minimum Gasteiger partial charge on any atom is -0.444 e. The normalized spacial score (nSPS) is 15.4. The third kappa shape index (κ3) is 10.3. The van der Waals surface area contributed by atoms with E-state index in [1.807, 2.05) is 27.7 Å². The van der Waals surface area contributed by atoms with Crippen LogP contribution >= 0.6 is 35.3 Å². The zero-order valence-electron chi connectivity index (χ0n) is 19.8. The van der Waals surface area contributed by atoms with Crippen molar-refractivity contribution < 1.29 is 9.53 Å². The number of halogens is 1. The topological polar surface area (TPSA) is 82.1 Å². The zero-order valence-corrected chi connectivity index (χ0v) is 22.9. The smallest absolute Gasteiger partial charge is 0.410 e. The van der Waals surface area contributed by atoms with Gasteiger partial charge in [0.1, 0.15) is 10.6 Å². The van der Waals surface area contributed by atoms with Crippen molar-refractivity contribution in [3.05, 3.63) is 15.6 Å². The lowest BCUT2D eigenvalue weighted by Gasteiger charge is -2.35. The van der Waals surface area contributed by atoms with E-state index >= 15 is 0 Å². The van der Waals surface area contributed by atoms with Crippen LogP contribution in [0.5, 0.6) is 0 Å². The quantitative estimate of drug-likeness (QED) is 0.228. The van der Waals surface area contributed by atoms with Crippen molar-refractivity contribution in [2.24, 2.45) is 4.99 Å². The Morgan fingerprint density at radius 2 is 1.87 bits per heavy atom. The standard InChI is InChI=1S/C21H38N6O2S.HI/c1-7-22-19(24-15-18-25-16(2)17(3)30-18)23-9-8-10-26-11-13-27(14-12-26)20(28)29-21(4,5)6;/h7-15H2,1-6H3,(H2,22,23,24);1H. The maximum Gasteiger partial charge on any atom is 0.410 e. The number of hydrogen-bond acceptors (Lipinski definition) is 6. The number of ether oxygens (including phenoxy) is 1. The van der Waals surface area contributed by atoms with Crippen LogP contribution in [-0.4, -0.2) is 78.3 Å². The summed E-state index contributed by atoms with van der Waals surface area (Å²) in [5, 5.41) is 7.75. The van der Waals surface area contributed by atoms with Gasteiger partial charge in [-0.05, 0) is 54.5 Å². The molecule has 1 aromatic heterocycles. The second kappa shape index (κ2) is 13.4. The van der Waals surface area contributed by atoms with Gasteiger partial charge in [0.05, 0.1) is 12.2 Å². The Kier molecular flexibility index (Phi) is 12.1. The molecule has 2 heterocycles. The average Bonchev–Trinajstić information content (AvgIpc) is 3.00. The van der Waals surface area contributed by atoms with Gasteiger partial charge in [-0.3, -0.25) is 4.90 Å². The van der Waals surface area contributed by atoms with Crippen LogP contribution in [0.2, 0.25) is 0 Å². The number of guanidine groups is 1. The maximum absolute atomic E-state index is 12.2. The summed E-state index contributed by atoms with van der Waals surface area (Å²) in [4.78, 5) is 26.8. The van der Waals surface area contributed by atoms with E-state index in [1.54, 1.807) is 16.2 Å². The molecule has 0 aromatic carbocycles. The van der Waals surface area contributed by atoms with Gasteiger partial charge in [-0.1, -0.05) is 0 Å². The van der Waals surface area contributed by atoms with Gasteiger partial charge < -0.3 is 20.3 Å². The first-order chi connectivity index (χ1) is 14.2. The van der Waals surface area contributed by atoms with Crippen LogP contribution in [0, 0.1) is 13.8 Å². The number of aryl methyl sites for hydroxylation is 2. The van der Waals surface area contributed by atoms with Crippen LogP contribution in [0.25, 0.3) is 0 Å². The molecule has 1 amide bonds. The Balaban J connectivity index is 0.00000480. The minimum atomic E-state index is -0.442. The summed E-state index contributed by atoms with van der Waals surface area (Å²) >= 11 is 1.71. The molecule has 0 saturated carbocycles. The molecule has 0 spiro atoms. The molecule has 0 atom stereocenters. The van der Waals surface area contributed by atoms with Crippen molar-refractivity contribution in [3.63, 3.8) is 0 Å². The Labute approximate surface area is 208 Å². The summed E-state index contributed by atoms with van der Waals surface area (Å²) in [7, 11) is 0. The zero-order chi connectivity index (χ0) is 22.1. The third-order valence-corrected chi connectivity index (χ3v) is 5.81. The molecule has 178 valence electrons. The van der Waals surface area contributed by atoms with E-state index in [4.69, 9.17) is 4.74 Å². The molecule has 10 heteroatoms. The SMILES string of the molecule is CCNC(=NCc1nc(C)c(C)s1)NCCCN1CCN(C(=O)OC(C)(C)C)CC1.I. The van der Waals surface area contributed by atoms with Crippen molar-refractivity contribution in [2.45, 2.75) is 60.1 Å². The van der Waals surface area contributed by atoms with Crippen molar-refractivity contribution in [1.82, 2.24) is 25.4 Å². The number of thiazole rings is 1. The highest BCUT2D eigenvalue weighted by atomic mass is 127.